The Labute approximate surface area is 123 Å². The van der Waals surface area contributed by atoms with E-state index in [1.165, 1.54) is 5.56 Å². The Kier molecular flexibility index (Phi) is 6.52. The van der Waals surface area contributed by atoms with E-state index in [9.17, 15) is 4.79 Å². The second-order valence-electron chi connectivity index (χ2n) is 5.33. The lowest BCUT2D eigenvalue weighted by atomic mass is 10.2. The van der Waals surface area contributed by atoms with Crippen LogP contribution in [-0.4, -0.2) is 24.8 Å². The van der Waals surface area contributed by atoms with Crippen LogP contribution in [0.3, 0.4) is 0 Å². The number of ether oxygens (including phenoxy) is 2. The molecule has 0 bridgehead atoms. The highest BCUT2D eigenvalue weighted by atomic mass is 79.9. The molecule has 0 saturated carbocycles. The summed E-state index contributed by atoms with van der Waals surface area (Å²) in [5.41, 5.74) is 0.801. The van der Waals surface area contributed by atoms with Gasteiger partial charge in [-0.1, -0.05) is 28.1 Å². The monoisotopic (exact) mass is 328 g/mol. The van der Waals surface area contributed by atoms with Crippen LogP contribution in [0.2, 0.25) is 0 Å². The van der Waals surface area contributed by atoms with Gasteiger partial charge in [0.2, 0.25) is 0 Å². The second-order valence-corrected chi connectivity index (χ2v) is 6.24. The molecular formula is C15H21BrO3. The number of rotatable bonds is 6. The third-order valence-corrected chi connectivity index (χ3v) is 2.85. The molecule has 4 heteroatoms. The van der Waals surface area contributed by atoms with Crippen molar-refractivity contribution in [1.82, 2.24) is 0 Å². The molecule has 0 aliphatic carbocycles. The minimum absolute atomic E-state index is 0.212. The standard InChI is InChI=1S/C15H21BrO3/c1-15(2,3)19-14(17)9-11-18-10-8-12-4-6-13(16)7-5-12/h4-7H,8-11H2,1-3H3. The first-order valence-electron chi connectivity index (χ1n) is 6.41. The summed E-state index contributed by atoms with van der Waals surface area (Å²) in [6.45, 7) is 6.60. The fraction of sp³-hybridized carbons (Fsp3) is 0.533. The SMILES string of the molecule is CC(C)(C)OC(=O)CCOCCc1ccc(Br)cc1. The molecule has 0 atom stereocenters. The van der Waals surface area contributed by atoms with E-state index in [2.05, 4.69) is 28.1 Å². The number of benzene rings is 1. The van der Waals surface area contributed by atoms with Crippen LogP contribution >= 0.6 is 15.9 Å². The molecule has 106 valence electrons. The van der Waals surface area contributed by atoms with E-state index in [1.54, 1.807) is 0 Å². The van der Waals surface area contributed by atoms with Gasteiger partial charge in [0.1, 0.15) is 5.60 Å². The largest absolute Gasteiger partial charge is 0.460 e. The number of hydrogen-bond acceptors (Lipinski definition) is 3. The number of halogens is 1. The molecule has 0 saturated heterocycles. The van der Waals surface area contributed by atoms with E-state index in [4.69, 9.17) is 9.47 Å². The molecule has 19 heavy (non-hydrogen) atoms. The van der Waals surface area contributed by atoms with Crippen LogP contribution in [0.4, 0.5) is 0 Å². The Morgan fingerprint density at radius 3 is 2.37 bits per heavy atom. The van der Waals surface area contributed by atoms with Crippen molar-refractivity contribution in [3.8, 4) is 0 Å². The van der Waals surface area contributed by atoms with Gasteiger partial charge < -0.3 is 9.47 Å². The molecule has 0 amide bonds. The van der Waals surface area contributed by atoms with E-state index in [-0.39, 0.29) is 5.97 Å². The molecule has 0 heterocycles. The van der Waals surface area contributed by atoms with Gasteiger partial charge in [-0.3, -0.25) is 4.79 Å². The van der Waals surface area contributed by atoms with Crippen molar-refractivity contribution in [3.63, 3.8) is 0 Å². The van der Waals surface area contributed by atoms with Crippen molar-refractivity contribution >= 4 is 21.9 Å². The number of esters is 1. The van der Waals surface area contributed by atoms with Gasteiger partial charge in [-0.05, 0) is 44.9 Å². The van der Waals surface area contributed by atoms with Gasteiger partial charge >= 0.3 is 5.97 Å². The Morgan fingerprint density at radius 1 is 1.16 bits per heavy atom. The van der Waals surface area contributed by atoms with Crippen LogP contribution < -0.4 is 0 Å². The van der Waals surface area contributed by atoms with Gasteiger partial charge in [0.15, 0.2) is 0 Å². The van der Waals surface area contributed by atoms with Gasteiger partial charge in [-0.2, -0.15) is 0 Å². The summed E-state index contributed by atoms with van der Waals surface area (Å²) in [5.74, 6) is -0.212. The molecule has 1 rings (SSSR count). The smallest absolute Gasteiger partial charge is 0.308 e. The molecule has 0 aliphatic rings. The van der Waals surface area contributed by atoms with Crippen LogP contribution in [0, 0.1) is 0 Å². The highest BCUT2D eigenvalue weighted by molar-refractivity contribution is 9.10. The van der Waals surface area contributed by atoms with Crippen molar-refractivity contribution in [2.75, 3.05) is 13.2 Å². The van der Waals surface area contributed by atoms with Crippen molar-refractivity contribution in [3.05, 3.63) is 34.3 Å². The van der Waals surface area contributed by atoms with Gasteiger partial charge in [0, 0.05) is 4.47 Å². The first kappa shape index (κ1) is 16.2. The maximum atomic E-state index is 11.4. The number of carbonyl (C=O) groups excluding carboxylic acids is 1. The topological polar surface area (TPSA) is 35.5 Å². The Balaban J connectivity index is 2.11. The third kappa shape index (κ3) is 8.01. The zero-order valence-electron chi connectivity index (χ0n) is 11.7. The molecule has 0 spiro atoms. The fourth-order valence-electron chi connectivity index (χ4n) is 1.49. The van der Waals surface area contributed by atoms with E-state index in [1.807, 2.05) is 32.9 Å². The van der Waals surface area contributed by atoms with Crippen LogP contribution in [0.25, 0.3) is 0 Å². The molecule has 1 aromatic rings. The lowest BCUT2D eigenvalue weighted by molar-refractivity contribution is -0.156. The molecular weight excluding hydrogens is 308 g/mol. The minimum Gasteiger partial charge on any atom is -0.460 e. The molecule has 0 unspecified atom stereocenters. The molecule has 0 aromatic heterocycles. The van der Waals surface area contributed by atoms with Crippen LogP contribution in [0.15, 0.2) is 28.7 Å². The normalized spacial score (nSPS) is 11.4. The highest BCUT2D eigenvalue weighted by Crippen LogP contribution is 2.11. The van der Waals surface area contributed by atoms with Gasteiger partial charge in [0.05, 0.1) is 19.6 Å². The zero-order chi connectivity index (χ0) is 14.3. The summed E-state index contributed by atoms with van der Waals surface area (Å²) < 4.78 is 11.7. The van der Waals surface area contributed by atoms with E-state index < -0.39 is 5.60 Å². The quantitative estimate of drug-likeness (QED) is 0.589. The molecule has 0 fully saturated rings. The maximum absolute atomic E-state index is 11.4. The molecule has 0 radical (unpaired) electrons. The molecule has 1 aromatic carbocycles. The summed E-state index contributed by atoms with van der Waals surface area (Å²) in [4.78, 5) is 11.4. The lowest BCUT2D eigenvalue weighted by Gasteiger charge is -2.19. The maximum Gasteiger partial charge on any atom is 0.308 e. The molecule has 3 nitrogen and oxygen atoms in total. The summed E-state index contributed by atoms with van der Waals surface area (Å²) >= 11 is 3.40. The predicted molar refractivity (Wildman–Crippen MR) is 79.1 cm³/mol. The van der Waals surface area contributed by atoms with Crippen molar-refractivity contribution in [2.24, 2.45) is 0 Å². The van der Waals surface area contributed by atoms with Crippen molar-refractivity contribution in [1.29, 1.82) is 0 Å². The highest BCUT2D eigenvalue weighted by Gasteiger charge is 2.15. The van der Waals surface area contributed by atoms with Crippen LogP contribution in [0.1, 0.15) is 32.8 Å². The van der Waals surface area contributed by atoms with E-state index in [0.717, 1.165) is 10.9 Å². The Morgan fingerprint density at radius 2 is 1.79 bits per heavy atom. The summed E-state index contributed by atoms with van der Waals surface area (Å²) in [6, 6.07) is 8.13. The first-order chi connectivity index (χ1) is 8.87. The van der Waals surface area contributed by atoms with Crippen LogP contribution in [-0.2, 0) is 20.7 Å². The fourth-order valence-corrected chi connectivity index (χ4v) is 1.76. The summed E-state index contributed by atoms with van der Waals surface area (Å²) in [7, 11) is 0. The van der Waals surface area contributed by atoms with Crippen LogP contribution in [0.5, 0.6) is 0 Å². The van der Waals surface area contributed by atoms with E-state index in [0.29, 0.717) is 19.6 Å². The molecule has 0 N–H and O–H groups in total. The lowest BCUT2D eigenvalue weighted by Crippen LogP contribution is -2.24. The average Bonchev–Trinajstić information content (AvgIpc) is 2.29. The summed E-state index contributed by atoms with van der Waals surface area (Å²) in [5, 5.41) is 0. The molecule has 0 aliphatic heterocycles. The second kappa shape index (κ2) is 7.65. The average molecular weight is 329 g/mol. The van der Waals surface area contributed by atoms with Gasteiger partial charge in [-0.25, -0.2) is 0 Å². The number of carbonyl (C=O) groups is 1. The zero-order valence-corrected chi connectivity index (χ0v) is 13.3. The number of hydrogen-bond donors (Lipinski definition) is 0. The predicted octanol–water partition coefficient (Wildman–Crippen LogP) is 3.74. The van der Waals surface area contributed by atoms with Gasteiger partial charge in [0.25, 0.3) is 0 Å². The van der Waals surface area contributed by atoms with Gasteiger partial charge in [-0.15, -0.1) is 0 Å². The van der Waals surface area contributed by atoms with Crippen molar-refractivity contribution in [2.45, 2.75) is 39.2 Å². The first-order valence-corrected chi connectivity index (χ1v) is 7.20. The van der Waals surface area contributed by atoms with E-state index >= 15 is 0 Å². The third-order valence-electron chi connectivity index (χ3n) is 2.32. The summed E-state index contributed by atoms with van der Waals surface area (Å²) in [6.07, 6.45) is 1.15. The van der Waals surface area contributed by atoms with Crippen molar-refractivity contribution < 1.29 is 14.3 Å². The minimum atomic E-state index is -0.422. The Hall–Kier alpha value is -0.870. The Bertz CT molecular complexity index is 393.